The average Bonchev–Trinajstić information content (AvgIpc) is 2.72. The van der Waals surface area contributed by atoms with Crippen LogP contribution in [0.25, 0.3) is 11.0 Å². The molecular weight excluding hydrogens is 254 g/mol. The van der Waals surface area contributed by atoms with Gasteiger partial charge in [0.25, 0.3) is 5.91 Å². The molecule has 20 heavy (non-hydrogen) atoms. The van der Waals surface area contributed by atoms with Crippen molar-refractivity contribution in [3.63, 3.8) is 0 Å². The van der Waals surface area contributed by atoms with Crippen molar-refractivity contribution in [1.82, 2.24) is 14.5 Å². The minimum absolute atomic E-state index is 0.0650. The highest BCUT2D eigenvalue weighted by atomic mass is 16.3. The van der Waals surface area contributed by atoms with Crippen molar-refractivity contribution < 1.29 is 9.90 Å². The van der Waals surface area contributed by atoms with Crippen LogP contribution in [0, 0.1) is 6.92 Å². The number of carbonyl (C=O) groups is 1. The van der Waals surface area contributed by atoms with Crippen LogP contribution in [0.1, 0.15) is 16.2 Å². The molecule has 106 valence electrons. The summed E-state index contributed by atoms with van der Waals surface area (Å²) in [4.78, 5) is 18.4. The summed E-state index contributed by atoms with van der Waals surface area (Å²) in [6, 6.07) is 5.48. The number of aryl methyl sites for hydroxylation is 2. The van der Waals surface area contributed by atoms with Gasteiger partial charge in [0.1, 0.15) is 5.82 Å². The smallest absolute Gasteiger partial charge is 0.254 e. The molecule has 0 aliphatic heterocycles. The number of fused-ring (bicyclic) bond motifs is 1. The predicted molar refractivity (Wildman–Crippen MR) is 78.6 cm³/mol. The Morgan fingerprint density at radius 2 is 2.30 bits per heavy atom. The Bertz CT molecular complexity index is 646. The van der Waals surface area contributed by atoms with Gasteiger partial charge in [-0.05, 0) is 25.1 Å². The van der Waals surface area contributed by atoms with Crippen molar-refractivity contribution in [2.24, 2.45) is 7.05 Å². The van der Waals surface area contributed by atoms with Crippen LogP contribution in [0.5, 0.6) is 0 Å². The van der Waals surface area contributed by atoms with E-state index in [0.717, 1.165) is 16.9 Å². The van der Waals surface area contributed by atoms with Gasteiger partial charge < -0.3 is 14.6 Å². The Hall–Kier alpha value is -2.14. The molecule has 0 aliphatic carbocycles. The number of hydrogen-bond acceptors (Lipinski definition) is 3. The van der Waals surface area contributed by atoms with Gasteiger partial charge in [-0.25, -0.2) is 4.98 Å². The lowest BCUT2D eigenvalue weighted by molar-refractivity contribution is 0.0743. The molecule has 0 atom stereocenters. The first-order chi connectivity index (χ1) is 9.58. The molecule has 0 spiro atoms. The molecule has 2 aromatic rings. The van der Waals surface area contributed by atoms with E-state index >= 15 is 0 Å². The van der Waals surface area contributed by atoms with E-state index in [1.54, 1.807) is 23.1 Å². The Morgan fingerprint density at radius 1 is 1.55 bits per heavy atom. The molecule has 1 amide bonds. The summed E-state index contributed by atoms with van der Waals surface area (Å²) in [6.45, 7) is 6.21. The zero-order valence-electron chi connectivity index (χ0n) is 11.8. The monoisotopic (exact) mass is 273 g/mol. The van der Waals surface area contributed by atoms with Crippen molar-refractivity contribution in [3.8, 4) is 0 Å². The second-order valence-electron chi connectivity index (χ2n) is 4.68. The fraction of sp³-hybridized carbons (Fsp3) is 0.333. The van der Waals surface area contributed by atoms with E-state index in [4.69, 9.17) is 5.11 Å². The van der Waals surface area contributed by atoms with Crippen LogP contribution in [0.15, 0.2) is 30.9 Å². The van der Waals surface area contributed by atoms with Crippen molar-refractivity contribution in [2.45, 2.75) is 6.92 Å². The van der Waals surface area contributed by atoms with Gasteiger partial charge in [-0.15, -0.1) is 6.58 Å². The van der Waals surface area contributed by atoms with E-state index in [-0.39, 0.29) is 12.5 Å². The van der Waals surface area contributed by atoms with Crippen LogP contribution in [0.2, 0.25) is 0 Å². The first kappa shape index (κ1) is 14.3. The number of hydrogen-bond donors (Lipinski definition) is 1. The molecular formula is C15H19N3O2. The quantitative estimate of drug-likeness (QED) is 0.840. The molecule has 1 N–H and O–H groups in total. The second-order valence-corrected chi connectivity index (χ2v) is 4.68. The average molecular weight is 273 g/mol. The highest BCUT2D eigenvalue weighted by Crippen LogP contribution is 2.17. The van der Waals surface area contributed by atoms with E-state index in [1.165, 1.54) is 0 Å². The third-order valence-electron chi connectivity index (χ3n) is 3.36. The standard InChI is InChI=1S/C15H19N3O2/c1-4-7-18(8-9-19)15(20)12-5-6-14-13(10-12)16-11(2)17(14)3/h4-6,10,19H,1,7-9H2,2-3H3. The molecule has 0 aliphatic rings. The molecule has 2 rings (SSSR count). The van der Waals surface area contributed by atoms with Gasteiger partial charge in [0.2, 0.25) is 0 Å². The summed E-state index contributed by atoms with van der Waals surface area (Å²) in [6.07, 6.45) is 1.65. The Balaban J connectivity index is 2.36. The Morgan fingerprint density at radius 3 is 2.95 bits per heavy atom. The van der Waals surface area contributed by atoms with Gasteiger partial charge in [-0.1, -0.05) is 6.08 Å². The Labute approximate surface area is 118 Å². The molecule has 0 saturated carbocycles. The van der Waals surface area contributed by atoms with Gasteiger partial charge in [0.15, 0.2) is 0 Å². The summed E-state index contributed by atoms with van der Waals surface area (Å²) < 4.78 is 1.98. The molecule has 1 heterocycles. The normalized spacial score (nSPS) is 10.8. The predicted octanol–water partition coefficient (Wildman–Crippen LogP) is 1.50. The van der Waals surface area contributed by atoms with Crippen LogP contribution in [0.3, 0.4) is 0 Å². The molecule has 0 bridgehead atoms. The topological polar surface area (TPSA) is 58.4 Å². The highest BCUT2D eigenvalue weighted by molar-refractivity contribution is 5.97. The van der Waals surface area contributed by atoms with Crippen LogP contribution >= 0.6 is 0 Å². The number of carbonyl (C=O) groups excluding carboxylic acids is 1. The summed E-state index contributed by atoms with van der Waals surface area (Å²) >= 11 is 0. The maximum atomic E-state index is 12.4. The molecule has 1 aromatic heterocycles. The zero-order chi connectivity index (χ0) is 14.7. The summed E-state index contributed by atoms with van der Waals surface area (Å²) in [5, 5.41) is 9.03. The summed E-state index contributed by atoms with van der Waals surface area (Å²) in [7, 11) is 1.95. The summed E-state index contributed by atoms with van der Waals surface area (Å²) in [5.41, 5.74) is 2.38. The molecule has 5 heteroatoms. The minimum Gasteiger partial charge on any atom is -0.395 e. The summed E-state index contributed by atoms with van der Waals surface area (Å²) in [5.74, 6) is 0.784. The van der Waals surface area contributed by atoms with Crippen molar-refractivity contribution in [1.29, 1.82) is 0 Å². The maximum absolute atomic E-state index is 12.4. The molecule has 0 saturated heterocycles. The van der Waals surface area contributed by atoms with Crippen LogP contribution in [0.4, 0.5) is 0 Å². The van der Waals surface area contributed by atoms with Gasteiger partial charge in [0, 0.05) is 25.7 Å². The van der Waals surface area contributed by atoms with Crippen LogP contribution < -0.4 is 0 Å². The van der Waals surface area contributed by atoms with Crippen LogP contribution in [-0.2, 0) is 7.05 Å². The number of rotatable bonds is 5. The molecule has 0 radical (unpaired) electrons. The SMILES string of the molecule is C=CCN(CCO)C(=O)c1ccc2c(c1)nc(C)n2C. The number of nitrogens with zero attached hydrogens (tertiary/aromatic N) is 3. The number of aromatic nitrogens is 2. The molecule has 0 unspecified atom stereocenters. The van der Waals surface area contributed by atoms with E-state index in [1.807, 2.05) is 24.6 Å². The largest absolute Gasteiger partial charge is 0.395 e. The molecule has 1 aromatic carbocycles. The lowest BCUT2D eigenvalue weighted by Crippen LogP contribution is -2.33. The van der Waals surface area contributed by atoms with E-state index in [9.17, 15) is 4.79 Å². The molecule has 5 nitrogen and oxygen atoms in total. The lowest BCUT2D eigenvalue weighted by atomic mass is 10.1. The third kappa shape index (κ3) is 2.58. The Kier molecular flexibility index (Phi) is 4.20. The second kappa shape index (κ2) is 5.88. The van der Waals surface area contributed by atoms with Gasteiger partial charge in [-0.2, -0.15) is 0 Å². The first-order valence-electron chi connectivity index (χ1n) is 6.52. The van der Waals surface area contributed by atoms with Gasteiger partial charge in [-0.3, -0.25) is 4.79 Å². The number of benzene rings is 1. The van der Waals surface area contributed by atoms with E-state index in [2.05, 4.69) is 11.6 Å². The van der Waals surface area contributed by atoms with Crippen molar-refractivity contribution >= 4 is 16.9 Å². The number of aliphatic hydroxyl groups is 1. The number of imidazole rings is 1. The fourth-order valence-electron chi connectivity index (χ4n) is 2.19. The molecule has 0 fully saturated rings. The minimum atomic E-state index is -0.121. The van der Waals surface area contributed by atoms with Crippen molar-refractivity contribution in [3.05, 3.63) is 42.2 Å². The van der Waals surface area contributed by atoms with Gasteiger partial charge in [0.05, 0.1) is 17.6 Å². The maximum Gasteiger partial charge on any atom is 0.254 e. The van der Waals surface area contributed by atoms with Crippen molar-refractivity contribution in [2.75, 3.05) is 19.7 Å². The number of amides is 1. The first-order valence-corrected chi connectivity index (χ1v) is 6.52. The highest BCUT2D eigenvalue weighted by Gasteiger charge is 2.15. The van der Waals surface area contributed by atoms with E-state index < -0.39 is 0 Å². The zero-order valence-corrected chi connectivity index (χ0v) is 11.8. The van der Waals surface area contributed by atoms with E-state index in [0.29, 0.717) is 18.7 Å². The van der Waals surface area contributed by atoms with Crippen LogP contribution in [-0.4, -0.2) is 45.2 Å². The lowest BCUT2D eigenvalue weighted by Gasteiger charge is -2.19. The van der Waals surface area contributed by atoms with Gasteiger partial charge >= 0.3 is 0 Å². The third-order valence-corrected chi connectivity index (χ3v) is 3.36. The fourth-order valence-corrected chi connectivity index (χ4v) is 2.19. The number of aliphatic hydroxyl groups excluding tert-OH is 1.